The fraction of sp³-hybridized carbons (Fsp3) is 0.200. The Morgan fingerprint density at radius 1 is 1.21 bits per heavy atom. The molecule has 1 atom stereocenters. The lowest BCUT2D eigenvalue weighted by Gasteiger charge is -2.11. The minimum absolute atomic E-state index is 0.0850. The molecule has 1 amide bonds. The molecule has 1 aliphatic heterocycles. The molecule has 9 heteroatoms. The lowest BCUT2D eigenvalue weighted by molar-refractivity contribution is 0.0940. The monoisotopic (exact) mass is 405 g/mol. The second-order valence-electron chi connectivity index (χ2n) is 6.91. The number of hydrogen-bond donors (Lipinski definition) is 4. The third kappa shape index (κ3) is 3.82. The average molecular weight is 405 g/mol. The van der Waals surface area contributed by atoms with Gasteiger partial charge >= 0.3 is 0 Å². The number of fused-ring (bicyclic) bond motifs is 1. The smallest absolute Gasteiger partial charge is 0.251 e. The highest BCUT2D eigenvalue weighted by molar-refractivity contribution is 7.22. The van der Waals surface area contributed by atoms with Gasteiger partial charge in [0.05, 0.1) is 16.4 Å². The number of thiazole rings is 1. The highest BCUT2D eigenvalue weighted by Crippen LogP contribution is 2.31. The van der Waals surface area contributed by atoms with Crippen LogP contribution in [0, 0.1) is 0 Å². The van der Waals surface area contributed by atoms with Crippen molar-refractivity contribution >= 4 is 38.4 Å². The predicted octanol–water partition coefficient (Wildman–Crippen LogP) is 2.92. The molecule has 4 aromatic rings. The highest BCUT2D eigenvalue weighted by atomic mass is 32.1. The normalized spacial score (nSPS) is 16.2. The quantitative estimate of drug-likeness (QED) is 0.407. The maximum absolute atomic E-state index is 12.5. The van der Waals surface area contributed by atoms with Crippen molar-refractivity contribution in [1.82, 2.24) is 30.8 Å². The molecule has 0 saturated carbocycles. The fourth-order valence-electron chi connectivity index (χ4n) is 3.36. The van der Waals surface area contributed by atoms with Gasteiger partial charge in [-0.2, -0.15) is 5.10 Å². The summed E-state index contributed by atoms with van der Waals surface area (Å²) in [5, 5.41) is 17.1. The van der Waals surface area contributed by atoms with E-state index >= 15 is 0 Å². The van der Waals surface area contributed by atoms with Crippen LogP contribution < -0.4 is 16.0 Å². The molecule has 1 unspecified atom stereocenters. The standard InChI is InChI=1S/C20H19N7OS/c28-19(25-15-4-5-21-11-15)13-3-6-22-18(8-13)27-20-26-16-2-1-12(7-17(16)29-20)14-9-23-24-10-14/h1-3,6-10,15,21H,4-5,11H2,(H,23,24)(H,25,28)(H,22,26,27). The van der Waals surface area contributed by atoms with Crippen LogP contribution in [0.1, 0.15) is 16.8 Å². The Hall–Kier alpha value is -3.30. The summed E-state index contributed by atoms with van der Waals surface area (Å²) in [7, 11) is 0. The van der Waals surface area contributed by atoms with E-state index in [0.717, 1.165) is 46.0 Å². The number of carbonyl (C=O) groups is 1. The van der Waals surface area contributed by atoms with E-state index in [1.165, 1.54) is 0 Å². The molecule has 0 spiro atoms. The maximum Gasteiger partial charge on any atom is 0.251 e. The van der Waals surface area contributed by atoms with E-state index in [2.05, 4.69) is 42.2 Å². The van der Waals surface area contributed by atoms with Crippen LogP contribution in [0.3, 0.4) is 0 Å². The van der Waals surface area contributed by atoms with Crippen LogP contribution in [-0.4, -0.2) is 45.2 Å². The van der Waals surface area contributed by atoms with Gasteiger partial charge in [0.25, 0.3) is 5.91 Å². The van der Waals surface area contributed by atoms with Crippen LogP contribution in [0.2, 0.25) is 0 Å². The van der Waals surface area contributed by atoms with Crippen LogP contribution in [0.15, 0.2) is 48.9 Å². The summed E-state index contributed by atoms with van der Waals surface area (Å²) < 4.78 is 1.06. The first-order valence-electron chi connectivity index (χ1n) is 9.39. The average Bonchev–Trinajstić information content (AvgIpc) is 3.49. The van der Waals surface area contributed by atoms with E-state index in [0.29, 0.717) is 11.4 Å². The van der Waals surface area contributed by atoms with E-state index in [1.807, 2.05) is 18.3 Å². The maximum atomic E-state index is 12.5. The van der Waals surface area contributed by atoms with Gasteiger partial charge in [-0.25, -0.2) is 9.97 Å². The van der Waals surface area contributed by atoms with Crippen molar-refractivity contribution in [2.75, 3.05) is 18.4 Å². The van der Waals surface area contributed by atoms with Crippen molar-refractivity contribution in [3.05, 3.63) is 54.5 Å². The zero-order valence-electron chi connectivity index (χ0n) is 15.5. The molecule has 8 nitrogen and oxygen atoms in total. The fourth-order valence-corrected chi connectivity index (χ4v) is 4.27. The van der Waals surface area contributed by atoms with Gasteiger partial charge < -0.3 is 16.0 Å². The summed E-state index contributed by atoms with van der Waals surface area (Å²) in [4.78, 5) is 21.4. The molecule has 1 aromatic carbocycles. The Morgan fingerprint density at radius 3 is 3.00 bits per heavy atom. The van der Waals surface area contributed by atoms with Crippen LogP contribution in [-0.2, 0) is 0 Å². The minimum Gasteiger partial charge on any atom is -0.348 e. The molecule has 29 heavy (non-hydrogen) atoms. The van der Waals surface area contributed by atoms with E-state index in [-0.39, 0.29) is 11.9 Å². The summed E-state index contributed by atoms with van der Waals surface area (Å²) in [5.74, 6) is 0.509. The molecule has 4 N–H and O–H groups in total. The van der Waals surface area contributed by atoms with Crippen molar-refractivity contribution in [3.8, 4) is 11.1 Å². The lowest BCUT2D eigenvalue weighted by atomic mass is 10.1. The van der Waals surface area contributed by atoms with Crippen molar-refractivity contribution in [1.29, 1.82) is 0 Å². The number of aromatic amines is 1. The molecule has 1 saturated heterocycles. The molecule has 0 radical (unpaired) electrons. The van der Waals surface area contributed by atoms with Crippen molar-refractivity contribution in [3.63, 3.8) is 0 Å². The summed E-state index contributed by atoms with van der Waals surface area (Å²) in [6.45, 7) is 1.75. The van der Waals surface area contributed by atoms with Crippen molar-refractivity contribution in [2.45, 2.75) is 12.5 Å². The lowest BCUT2D eigenvalue weighted by Crippen LogP contribution is -2.36. The summed E-state index contributed by atoms with van der Waals surface area (Å²) >= 11 is 1.54. The number of amides is 1. The SMILES string of the molecule is O=C(NC1CCNC1)c1ccnc(Nc2nc3ccc(-c4cn[nH]c4)cc3s2)c1. The van der Waals surface area contributed by atoms with Gasteiger partial charge in [-0.15, -0.1) is 0 Å². The zero-order valence-corrected chi connectivity index (χ0v) is 16.3. The second-order valence-corrected chi connectivity index (χ2v) is 7.94. The molecule has 0 aliphatic carbocycles. The summed E-state index contributed by atoms with van der Waals surface area (Å²) in [5.41, 5.74) is 3.61. The minimum atomic E-state index is -0.0850. The Bertz CT molecular complexity index is 1150. The van der Waals surface area contributed by atoms with Gasteiger partial charge in [0.2, 0.25) is 0 Å². The summed E-state index contributed by atoms with van der Waals surface area (Å²) in [6, 6.07) is 9.76. The van der Waals surface area contributed by atoms with Gasteiger partial charge in [0.1, 0.15) is 5.82 Å². The third-order valence-corrected chi connectivity index (χ3v) is 5.81. The Balaban J connectivity index is 1.34. The molecule has 4 heterocycles. The van der Waals surface area contributed by atoms with Crippen molar-refractivity contribution in [2.24, 2.45) is 0 Å². The van der Waals surface area contributed by atoms with Gasteiger partial charge in [-0.05, 0) is 42.8 Å². The van der Waals surface area contributed by atoms with Gasteiger partial charge in [-0.1, -0.05) is 17.4 Å². The Kier molecular flexibility index (Phi) is 4.66. The number of anilines is 2. The van der Waals surface area contributed by atoms with Gasteiger partial charge in [0, 0.05) is 36.1 Å². The second kappa shape index (κ2) is 7.61. The molecule has 0 bridgehead atoms. The van der Waals surface area contributed by atoms with E-state index in [1.54, 1.807) is 35.9 Å². The van der Waals surface area contributed by atoms with Gasteiger partial charge in [-0.3, -0.25) is 9.89 Å². The summed E-state index contributed by atoms with van der Waals surface area (Å²) in [6.07, 6.45) is 6.25. The molecule has 1 fully saturated rings. The van der Waals surface area contributed by atoms with E-state index < -0.39 is 0 Å². The number of nitrogens with zero attached hydrogens (tertiary/aromatic N) is 3. The van der Waals surface area contributed by atoms with E-state index in [9.17, 15) is 4.79 Å². The first kappa shape index (κ1) is 17.8. The molecule has 3 aromatic heterocycles. The number of carbonyl (C=O) groups excluding carboxylic acids is 1. The Labute approximate surface area is 170 Å². The predicted molar refractivity (Wildman–Crippen MR) is 113 cm³/mol. The highest BCUT2D eigenvalue weighted by Gasteiger charge is 2.18. The molecule has 146 valence electrons. The molecular weight excluding hydrogens is 386 g/mol. The zero-order chi connectivity index (χ0) is 19.6. The van der Waals surface area contributed by atoms with Crippen LogP contribution in [0.25, 0.3) is 21.3 Å². The number of aromatic nitrogens is 4. The molecule has 1 aliphatic rings. The largest absolute Gasteiger partial charge is 0.348 e. The number of benzene rings is 1. The number of rotatable bonds is 5. The number of H-pyrrole nitrogens is 1. The van der Waals surface area contributed by atoms with E-state index in [4.69, 9.17) is 0 Å². The molecule has 5 rings (SSSR count). The first-order chi connectivity index (χ1) is 14.2. The number of nitrogens with one attached hydrogen (secondary N) is 4. The Morgan fingerprint density at radius 2 is 2.17 bits per heavy atom. The molecular formula is C20H19N7OS. The third-order valence-electron chi connectivity index (χ3n) is 4.87. The number of hydrogen-bond acceptors (Lipinski definition) is 7. The van der Waals surface area contributed by atoms with Crippen LogP contribution in [0.4, 0.5) is 10.9 Å². The van der Waals surface area contributed by atoms with Crippen molar-refractivity contribution < 1.29 is 4.79 Å². The van der Waals surface area contributed by atoms with Crippen LogP contribution >= 0.6 is 11.3 Å². The first-order valence-corrected chi connectivity index (χ1v) is 10.2. The van der Waals surface area contributed by atoms with Gasteiger partial charge in [0.15, 0.2) is 5.13 Å². The topological polar surface area (TPSA) is 108 Å². The van der Waals surface area contributed by atoms with Crippen LogP contribution in [0.5, 0.6) is 0 Å². The number of pyridine rings is 1.